The maximum absolute atomic E-state index is 13.4. The largest absolute Gasteiger partial charge is 0.350 e. The molecule has 0 spiro atoms. The molecular formula is C28H39N5O2. The molecule has 1 N–H and O–H groups in total. The highest BCUT2D eigenvalue weighted by Gasteiger charge is 2.50. The van der Waals surface area contributed by atoms with Gasteiger partial charge in [0.15, 0.2) is 0 Å². The summed E-state index contributed by atoms with van der Waals surface area (Å²) in [5.74, 6) is 2.51. The first-order chi connectivity index (χ1) is 16.9. The number of aromatic nitrogens is 2. The number of rotatable bonds is 6. The minimum Gasteiger partial charge on any atom is -0.350 e. The second kappa shape index (κ2) is 8.91. The van der Waals surface area contributed by atoms with Gasteiger partial charge in [-0.3, -0.25) is 14.0 Å². The van der Waals surface area contributed by atoms with E-state index in [0.29, 0.717) is 29.0 Å². The van der Waals surface area contributed by atoms with Crippen LogP contribution in [0.25, 0.3) is 5.65 Å². The zero-order valence-corrected chi connectivity index (χ0v) is 21.2. The topological polar surface area (TPSA) is 70.0 Å². The standard InChI is InChI=1S/C28H39N5O2/c1-3-32(22-7-9-31(2)10-8-22)27(35)23-17-33-24(5-4-6-25(33)30-23)26(34)29-18-28-14-19-11-20(15-28)13-21(12-19)16-28/h4-6,17,19-22H,3,7-16,18H2,1-2H3,(H,29,34). The smallest absolute Gasteiger partial charge is 0.274 e. The molecule has 5 fully saturated rings. The van der Waals surface area contributed by atoms with Gasteiger partial charge in [-0.15, -0.1) is 0 Å². The van der Waals surface area contributed by atoms with Crippen molar-refractivity contribution in [3.8, 4) is 0 Å². The van der Waals surface area contributed by atoms with Crippen LogP contribution in [-0.2, 0) is 0 Å². The summed E-state index contributed by atoms with van der Waals surface area (Å²) in [5, 5.41) is 3.29. The summed E-state index contributed by atoms with van der Waals surface area (Å²) in [4.78, 5) is 35.7. The van der Waals surface area contributed by atoms with E-state index in [0.717, 1.165) is 50.2 Å². The maximum Gasteiger partial charge on any atom is 0.274 e. The van der Waals surface area contributed by atoms with E-state index >= 15 is 0 Å². The molecule has 0 unspecified atom stereocenters. The molecular weight excluding hydrogens is 438 g/mol. The summed E-state index contributed by atoms with van der Waals surface area (Å²) in [7, 11) is 2.13. The van der Waals surface area contributed by atoms with E-state index in [9.17, 15) is 9.59 Å². The first kappa shape index (κ1) is 23.0. The number of nitrogens with zero attached hydrogens (tertiary/aromatic N) is 4. The van der Waals surface area contributed by atoms with Crippen molar-refractivity contribution in [1.82, 2.24) is 24.5 Å². The van der Waals surface area contributed by atoms with E-state index in [1.54, 1.807) is 10.6 Å². The van der Waals surface area contributed by atoms with Crippen LogP contribution >= 0.6 is 0 Å². The summed E-state index contributed by atoms with van der Waals surface area (Å²) in [5.41, 5.74) is 1.92. The molecule has 35 heavy (non-hydrogen) atoms. The van der Waals surface area contributed by atoms with Crippen LogP contribution in [0.2, 0.25) is 0 Å². The lowest BCUT2D eigenvalue weighted by Crippen LogP contribution is -2.51. The lowest BCUT2D eigenvalue weighted by Gasteiger charge is -2.56. The van der Waals surface area contributed by atoms with Crippen molar-refractivity contribution in [2.45, 2.75) is 64.3 Å². The van der Waals surface area contributed by atoms with Gasteiger partial charge in [0.2, 0.25) is 0 Å². The fourth-order valence-electron chi connectivity index (χ4n) is 8.19. The molecule has 7 heteroatoms. The van der Waals surface area contributed by atoms with Gasteiger partial charge >= 0.3 is 0 Å². The average molecular weight is 478 g/mol. The second-order valence-corrected chi connectivity index (χ2v) is 12.0. The summed E-state index contributed by atoms with van der Waals surface area (Å²) in [6.45, 7) is 5.49. The van der Waals surface area contributed by atoms with Crippen molar-refractivity contribution in [3.05, 3.63) is 35.8 Å². The number of likely N-dealkylation sites (tertiary alicyclic amines) is 1. The lowest BCUT2D eigenvalue weighted by molar-refractivity contribution is -0.0503. The number of carbonyl (C=O) groups is 2. The number of nitrogens with one attached hydrogen (secondary N) is 1. The summed E-state index contributed by atoms with van der Waals surface area (Å²) < 4.78 is 1.80. The van der Waals surface area contributed by atoms with E-state index < -0.39 is 0 Å². The highest BCUT2D eigenvalue weighted by atomic mass is 16.2. The number of amides is 2. The van der Waals surface area contributed by atoms with Gasteiger partial charge in [-0.2, -0.15) is 0 Å². The van der Waals surface area contributed by atoms with Crippen molar-refractivity contribution < 1.29 is 9.59 Å². The molecule has 2 aromatic rings. The molecule has 7 nitrogen and oxygen atoms in total. The Kier molecular flexibility index (Phi) is 5.86. The maximum atomic E-state index is 13.4. The summed E-state index contributed by atoms with van der Waals surface area (Å²) in [6, 6.07) is 5.83. The third kappa shape index (κ3) is 4.26. The zero-order chi connectivity index (χ0) is 24.2. The fourth-order valence-corrected chi connectivity index (χ4v) is 8.19. The highest BCUT2D eigenvalue weighted by Crippen LogP contribution is 2.59. The molecule has 4 bridgehead atoms. The molecule has 1 aliphatic heterocycles. The predicted octanol–water partition coefficient (Wildman–Crippen LogP) is 3.84. The number of imidazole rings is 1. The van der Waals surface area contributed by atoms with Crippen LogP contribution < -0.4 is 5.32 Å². The number of fused-ring (bicyclic) bond motifs is 1. The summed E-state index contributed by atoms with van der Waals surface area (Å²) in [6.07, 6.45) is 11.8. The van der Waals surface area contributed by atoms with Crippen molar-refractivity contribution >= 4 is 17.5 Å². The Morgan fingerprint density at radius 2 is 1.74 bits per heavy atom. The first-order valence-corrected chi connectivity index (χ1v) is 13.7. The van der Waals surface area contributed by atoms with Gasteiger partial charge < -0.3 is 15.1 Å². The molecule has 7 rings (SSSR count). The monoisotopic (exact) mass is 477 g/mol. The molecule has 4 saturated carbocycles. The van der Waals surface area contributed by atoms with Gasteiger partial charge in [-0.1, -0.05) is 6.07 Å². The Morgan fingerprint density at radius 1 is 1.09 bits per heavy atom. The van der Waals surface area contributed by atoms with Gasteiger partial charge in [-0.25, -0.2) is 4.98 Å². The quantitative estimate of drug-likeness (QED) is 0.686. The van der Waals surface area contributed by atoms with Gasteiger partial charge in [-0.05, 0) is 114 Å². The van der Waals surface area contributed by atoms with Gasteiger partial charge in [0, 0.05) is 25.3 Å². The van der Waals surface area contributed by atoms with E-state index in [2.05, 4.69) is 22.2 Å². The number of piperidine rings is 1. The van der Waals surface area contributed by atoms with Crippen molar-refractivity contribution in [2.75, 3.05) is 33.2 Å². The Bertz CT molecular complexity index is 1080. The van der Waals surface area contributed by atoms with Crippen LogP contribution in [0.4, 0.5) is 0 Å². The van der Waals surface area contributed by atoms with Crippen molar-refractivity contribution in [1.29, 1.82) is 0 Å². The zero-order valence-electron chi connectivity index (χ0n) is 21.2. The molecule has 1 saturated heterocycles. The van der Waals surface area contributed by atoms with Crippen LogP contribution in [-0.4, -0.2) is 70.3 Å². The number of hydrogen-bond acceptors (Lipinski definition) is 4. The molecule has 188 valence electrons. The molecule has 2 aromatic heterocycles. The van der Waals surface area contributed by atoms with Crippen LogP contribution in [0.15, 0.2) is 24.4 Å². The average Bonchev–Trinajstić information content (AvgIpc) is 3.28. The fraction of sp³-hybridized carbons (Fsp3) is 0.679. The number of hydrogen-bond donors (Lipinski definition) is 1. The van der Waals surface area contributed by atoms with Crippen molar-refractivity contribution in [2.24, 2.45) is 23.2 Å². The molecule has 0 aromatic carbocycles. The van der Waals surface area contributed by atoms with Crippen LogP contribution in [0, 0.1) is 23.2 Å². The molecule has 4 aliphatic carbocycles. The SMILES string of the molecule is CCN(C(=O)c1cn2c(C(=O)NCC34CC5CC(CC(C5)C3)C4)cccc2n1)C1CCN(C)CC1. The van der Waals surface area contributed by atoms with Crippen LogP contribution in [0.5, 0.6) is 0 Å². The lowest BCUT2D eigenvalue weighted by atomic mass is 9.49. The van der Waals surface area contributed by atoms with Crippen LogP contribution in [0.1, 0.15) is 79.3 Å². The van der Waals surface area contributed by atoms with Gasteiger partial charge in [0.05, 0.1) is 0 Å². The minimum atomic E-state index is -0.0644. The molecule has 0 radical (unpaired) electrons. The number of pyridine rings is 1. The predicted molar refractivity (Wildman–Crippen MR) is 135 cm³/mol. The second-order valence-electron chi connectivity index (χ2n) is 12.0. The highest BCUT2D eigenvalue weighted by molar-refractivity contribution is 5.95. The van der Waals surface area contributed by atoms with Crippen molar-refractivity contribution in [3.63, 3.8) is 0 Å². The summed E-state index contributed by atoms with van der Waals surface area (Å²) >= 11 is 0. The Labute approximate surface area is 208 Å². The normalized spacial score (nSPS) is 30.6. The Balaban J connectivity index is 1.18. The molecule has 3 heterocycles. The Morgan fingerprint density at radius 3 is 2.37 bits per heavy atom. The van der Waals surface area contributed by atoms with Gasteiger partial charge in [0.1, 0.15) is 17.0 Å². The first-order valence-electron chi connectivity index (χ1n) is 13.7. The van der Waals surface area contributed by atoms with E-state index in [1.807, 2.05) is 30.0 Å². The molecule has 2 amide bonds. The van der Waals surface area contributed by atoms with Crippen LogP contribution in [0.3, 0.4) is 0 Å². The number of carbonyl (C=O) groups excluding carboxylic acids is 2. The van der Waals surface area contributed by atoms with E-state index in [-0.39, 0.29) is 17.9 Å². The molecule has 0 atom stereocenters. The van der Waals surface area contributed by atoms with E-state index in [1.165, 1.54) is 38.5 Å². The Hall–Kier alpha value is -2.41. The minimum absolute atomic E-state index is 0.0364. The molecule has 5 aliphatic rings. The third-order valence-corrected chi connectivity index (χ3v) is 9.46. The van der Waals surface area contributed by atoms with E-state index in [4.69, 9.17) is 0 Å². The van der Waals surface area contributed by atoms with Gasteiger partial charge in [0.25, 0.3) is 11.8 Å². The third-order valence-electron chi connectivity index (χ3n) is 9.46.